The highest BCUT2D eigenvalue weighted by molar-refractivity contribution is 7.10. The smallest absolute Gasteiger partial charge is 0.145 e. The number of hydrogen-bond acceptors (Lipinski definition) is 6. The molecule has 21 heavy (non-hydrogen) atoms. The molecule has 3 N–H and O–H groups in total. The van der Waals surface area contributed by atoms with Crippen molar-refractivity contribution < 1.29 is 0 Å². The van der Waals surface area contributed by atoms with Crippen molar-refractivity contribution in [3.8, 4) is 0 Å². The molecule has 0 spiro atoms. The third kappa shape index (κ3) is 2.87. The van der Waals surface area contributed by atoms with Crippen molar-refractivity contribution in [2.45, 2.75) is 39.2 Å². The van der Waals surface area contributed by atoms with Gasteiger partial charge in [0.2, 0.25) is 0 Å². The standard InChI is InChI=1S/C15H21N5S/c1-15(2,3)14-17-12(19-16)8-13(18-14)20-6-4-11-10(9-20)5-7-21-11/h5,7-8H,4,6,9,16H2,1-3H3,(H,17,18,19). The number of fused-ring (bicyclic) bond motifs is 1. The number of rotatable bonds is 2. The lowest BCUT2D eigenvalue weighted by Gasteiger charge is -2.29. The molecule has 112 valence electrons. The van der Waals surface area contributed by atoms with Crippen molar-refractivity contribution in [3.05, 3.63) is 33.8 Å². The third-order valence-electron chi connectivity index (χ3n) is 3.66. The van der Waals surface area contributed by atoms with Gasteiger partial charge in [0.15, 0.2) is 0 Å². The molecule has 0 radical (unpaired) electrons. The fraction of sp³-hybridized carbons (Fsp3) is 0.467. The second kappa shape index (κ2) is 5.27. The van der Waals surface area contributed by atoms with Gasteiger partial charge < -0.3 is 10.3 Å². The molecule has 6 heteroatoms. The van der Waals surface area contributed by atoms with Gasteiger partial charge in [0.25, 0.3) is 0 Å². The largest absolute Gasteiger partial charge is 0.352 e. The summed E-state index contributed by atoms with van der Waals surface area (Å²) in [6, 6.07) is 4.13. The number of hydrogen-bond donors (Lipinski definition) is 2. The molecule has 5 nitrogen and oxygen atoms in total. The Balaban J connectivity index is 1.95. The van der Waals surface area contributed by atoms with Gasteiger partial charge in [0.05, 0.1) is 0 Å². The number of aromatic nitrogens is 2. The van der Waals surface area contributed by atoms with E-state index in [9.17, 15) is 0 Å². The summed E-state index contributed by atoms with van der Waals surface area (Å²) in [5.41, 5.74) is 3.96. The van der Waals surface area contributed by atoms with E-state index in [-0.39, 0.29) is 5.41 Å². The molecular formula is C15H21N5S. The Labute approximate surface area is 129 Å². The predicted octanol–water partition coefficient (Wildman–Crippen LogP) is 2.68. The molecule has 1 aliphatic heterocycles. The number of nitrogens with one attached hydrogen (secondary N) is 1. The van der Waals surface area contributed by atoms with E-state index in [2.05, 4.69) is 47.5 Å². The van der Waals surface area contributed by atoms with Crippen LogP contribution in [-0.4, -0.2) is 16.5 Å². The highest BCUT2D eigenvalue weighted by Gasteiger charge is 2.23. The molecule has 0 aromatic carbocycles. The average Bonchev–Trinajstić information content (AvgIpc) is 2.93. The quantitative estimate of drug-likeness (QED) is 0.659. The summed E-state index contributed by atoms with van der Waals surface area (Å²) >= 11 is 1.85. The van der Waals surface area contributed by atoms with Crippen molar-refractivity contribution >= 4 is 23.0 Å². The number of anilines is 2. The fourth-order valence-electron chi connectivity index (χ4n) is 2.45. The predicted molar refractivity (Wildman–Crippen MR) is 87.6 cm³/mol. The van der Waals surface area contributed by atoms with Crippen LogP contribution in [0.25, 0.3) is 0 Å². The van der Waals surface area contributed by atoms with Crippen LogP contribution in [0, 0.1) is 0 Å². The van der Waals surface area contributed by atoms with Crippen molar-refractivity contribution in [1.29, 1.82) is 0 Å². The minimum Gasteiger partial charge on any atom is -0.352 e. The Bertz CT molecular complexity index is 644. The highest BCUT2D eigenvalue weighted by atomic mass is 32.1. The molecule has 3 heterocycles. The van der Waals surface area contributed by atoms with E-state index in [1.165, 1.54) is 10.4 Å². The first-order valence-corrected chi connectivity index (χ1v) is 8.02. The molecule has 0 saturated heterocycles. The van der Waals surface area contributed by atoms with Crippen molar-refractivity contribution in [1.82, 2.24) is 9.97 Å². The minimum atomic E-state index is -0.106. The normalized spacial score (nSPS) is 15.0. The van der Waals surface area contributed by atoms with Gasteiger partial charge in [-0.2, -0.15) is 0 Å². The second-order valence-corrected chi connectivity index (χ2v) is 7.37. The van der Waals surface area contributed by atoms with Crippen LogP contribution in [0.4, 0.5) is 11.6 Å². The van der Waals surface area contributed by atoms with Crippen LogP contribution < -0.4 is 16.2 Å². The maximum atomic E-state index is 5.56. The zero-order chi connectivity index (χ0) is 15.0. The molecule has 0 amide bonds. The first-order valence-electron chi connectivity index (χ1n) is 7.14. The van der Waals surface area contributed by atoms with Gasteiger partial charge in [0, 0.05) is 29.4 Å². The molecule has 2 aromatic rings. The zero-order valence-corrected chi connectivity index (χ0v) is 13.5. The summed E-state index contributed by atoms with van der Waals surface area (Å²) in [5, 5.41) is 2.17. The number of nitrogen functional groups attached to an aromatic ring is 1. The van der Waals surface area contributed by atoms with E-state index < -0.39 is 0 Å². The van der Waals surface area contributed by atoms with Gasteiger partial charge in [-0.05, 0) is 23.4 Å². The molecule has 2 aromatic heterocycles. The molecule has 0 unspecified atom stereocenters. The molecule has 1 aliphatic rings. The summed E-state index contributed by atoms with van der Waals surface area (Å²) in [6.07, 6.45) is 1.08. The van der Waals surface area contributed by atoms with Gasteiger partial charge >= 0.3 is 0 Å². The average molecular weight is 303 g/mol. The fourth-order valence-corrected chi connectivity index (χ4v) is 3.34. The van der Waals surface area contributed by atoms with E-state index in [1.54, 1.807) is 0 Å². The zero-order valence-electron chi connectivity index (χ0n) is 12.7. The third-order valence-corrected chi connectivity index (χ3v) is 4.69. The lowest BCUT2D eigenvalue weighted by molar-refractivity contribution is 0.544. The SMILES string of the molecule is CC(C)(C)c1nc(NN)cc(N2CCc3sccc3C2)n1. The molecule has 0 saturated carbocycles. The summed E-state index contributed by atoms with van der Waals surface area (Å²) < 4.78 is 0. The van der Waals surface area contributed by atoms with E-state index in [0.29, 0.717) is 5.82 Å². The Hall–Kier alpha value is -1.66. The topological polar surface area (TPSA) is 67.1 Å². The number of nitrogens with two attached hydrogens (primary N) is 1. The molecular weight excluding hydrogens is 282 g/mol. The van der Waals surface area contributed by atoms with Gasteiger partial charge in [-0.1, -0.05) is 20.8 Å². The summed E-state index contributed by atoms with van der Waals surface area (Å²) in [6.45, 7) is 8.22. The highest BCUT2D eigenvalue weighted by Crippen LogP contribution is 2.29. The van der Waals surface area contributed by atoms with Crippen LogP contribution in [-0.2, 0) is 18.4 Å². The second-order valence-electron chi connectivity index (χ2n) is 6.37. The van der Waals surface area contributed by atoms with Gasteiger partial charge in [-0.25, -0.2) is 15.8 Å². The van der Waals surface area contributed by atoms with E-state index in [4.69, 9.17) is 10.8 Å². The first-order chi connectivity index (χ1) is 9.97. The van der Waals surface area contributed by atoms with Crippen LogP contribution in [0.2, 0.25) is 0 Å². The van der Waals surface area contributed by atoms with Crippen LogP contribution in [0.3, 0.4) is 0 Å². The van der Waals surface area contributed by atoms with Crippen LogP contribution in [0.1, 0.15) is 37.0 Å². The van der Waals surface area contributed by atoms with Crippen LogP contribution >= 0.6 is 11.3 Å². The van der Waals surface area contributed by atoms with E-state index in [0.717, 1.165) is 31.2 Å². The number of nitrogens with zero attached hydrogens (tertiary/aromatic N) is 3. The van der Waals surface area contributed by atoms with E-state index >= 15 is 0 Å². The van der Waals surface area contributed by atoms with Crippen LogP contribution in [0.5, 0.6) is 0 Å². The Morgan fingerprint density at radius 2 is 2.14 bits per heavy atom. The van der Waals surface area contributed by atoms with Gasteiger partial charge in [-0.15, -0.1) is 11.3 Å². The lowest BCUT2D eigenvalue weighted by atomic mass is 9.95. The van der Waals surface area contributed by atoms with Gasteiger partial charge in [-0.3, -0.25) is 0 Å². The summed E-state index contributed by atoms with van der Waals surface area (Å²) in [4.78, 5) is 13.0. The molecule has 0 atom stereocenters. The molecule has 0 fully saturated rings. The monoisotopic (exact) mass is 303 g/mol. The maximum Gasteiger partial charge on any atom is 0.145 e. The first kappa shape index (κ1) is 14.3. The molecule has 0 aliphatic carbocycles. The minimum absolute atomic E-state index is 0.106. The van der Waals surface area contributed by atoms with Crippen molar-refractivity contribution in [2.24, 2.45) is 5.84 Å². The van der Waals surface area contributed by atoms with Crippen LogP contribution in [0.15, 0.2) is 17.5 Å². The van der Waals surface area contributed by atoms with Gasteiger partial charge in [0.1, 0.15) is 17.5 Å². The number of thiophene rings is 1. The van der Waals surface area contributed by atoms with E-state index in [1.807, 2.05) is 17.4 Å². The summed E-state index contributed by atoms with van der Waals surface area (Å²) in [7, 11) is 0. The lowest BCUT2D eigenvalue weighted by Crippen LogP contribution is -2.31. The summed E-state index contributed by atoms with van der Waals surface area (Å²) in [5.74, 6) is 7.98. The maximum absolute atomic E-state index is 5.56. The van der Waals surface area contributed by atoms with Crippen molar-refractivity contribution in [2.75, 3.05) is 16.9 Å². The van der Waals surface area contributed by atoms with Crippen molar-refractivity contribution in [3.63, 3.8) is 0 Å². The Morgan fingerprint density at radius 1 is 1.33 bits per heavy atom. The Kier molecular flexibility index (Phi) is 3.59. The molecule has 3 rings (SSSR count). The Morgan fingerprint density at radius 3 is 2.86 bits per heavy atom. The molecule has 0 bridgehead atoms. The number of hydrazine groups is 1.